The predicted molar refractivity (Wildman–Crippen MR) is 90.8 cm³/mol. The summed E-state index contributed by atoms with van der Waals surface area (Å²) >= 11 is 0. The van der Waals surface area contributed by atoms with Crippen molar-refractivity contribution in [2.45, 2.75) is 48.5 Å². The summed E-state index contributed by atoms with van der Waals surface area (Å²) in [6, 6.07) is 8.30. The summed E-state index contributed by atoms with van der Waals surface area (Å²) in [7, 11) is 0. The second kappa shape index (κ2) is 12.8. The highest BCUT2D eigenvalue weighted by Crippen LogP contribution is 2.14. The topological polar surface area (TPSA) is 12.4 Å². The van der Waals surface area contributed by atoms with E-state index in [0.717, 1.165) is 16.8 Å². The number of aryl methyl sites for hydroxylation is 1. The summed E-state index contributed by atoms with van der Waals surface area (Å²) in [6.45, 7) is 18.0. The maximum atomic E-state index is 4.19. The predicted octanol–water partition coefficient (Wildman–Crippen LogP) is 6.06. The minimum Gasteiger partial charge on any atom is -0.266 e. The number of hydrogen-bond donors (Lipinski definition) is 0. The molecule has 0 atom stereocenters. The largest absolute Gasteiger partial charge is 0.266 e. The van der Waals surface area contributed by atoms with Gasteiger partial charge >= 0.3 is 0 Å². The van der Waals surface area contributed by atoms with Crippen molar-refractivity contribution in [1.82, 2.24) is 0 Å². The Bertz CT molecular complexity index is 407. The van der Waals surface area contributed by atoms with E-state index in [-0.39, 0.29) is 0 Å². The molecule has 0 amide bonds. The van der Waals surface area contributed by atoms with E-state index in [0.29, 0.717) is 0 Å². The van der Waals surface area contributed by atoms with Gasteiger partial charge in [0.25, 0.3) is 0 Å². The third kappa shape index (κ3) is 10.0. The minimum atomic E-state index is 0.990. The molecule has 0 aliphatic carbocycles. The smallest absolute Gasteiger partial charge is 0.0272 e. The van der Waals surface area contributed by atoms with Crippen LogP contribution in [0.25, 0.3) is 5.57 Å². The molecule has 0 aromatic heterocycles. The second-order valence-electron chi connectivity index (χ2n) is 3.79. The zero-order valence-electron chi connectivity index (χ0n) is 13.6. The Labute approximate surface area is 119 Å². The summed E-state index contributed by atoms with van der Waals surface area (Å²) in [5, 5.41) is 0. The normalized spacial score (nSPS) is 8.79. The Morgan fingerprint density at radius 2 is 1.68 bits per heavy atom. The molecule has 106 valence electrons. The lowest BCUT2D eigenvalue weighted by Gasteiger charge is -2.00. The van der Waals surface area contributed by atoms with Gasteiger partial charge in [0.1, 0.15) is 0 Å². The van der Waals surface area contributed by atoms with E-state index in [4.69, 9.17) is 0 Å². The fourth-order valence-corrected chi connectivity index (χ4v) is 1.22. The second-order valence-corrected chi connectivity index (χ2v) is 3.79. The molecule has 0 saturated carbocycles. The van der Waals surface area contributed by atoms with E-state index >= 15 is 0 Å². The first-order valence-electron chi connectivity index (χ1n) is 7.03. The SMILES string of the molecule is C=C(/C=C\N=C(C)C)c1cccc(C)c1.CC.CC. The van der Waals surface area contributed by atoms with Crippen LogP contribution in [0.5, 0.6) is 0 Å². The standard InChI is InChI=1S/C14H17N.2C2H6/c1-11(2)15-9-8-13(4)14-7-5-6-12(3)10-14;2*1-2/h5-10H,4H2,1-3H3;2*1-2H3/b9-8-;;. The van der Waals surface area contributed by atoms with Crippen LogP contribution in [0.3, 0.4) is 0 Å². The highest BCUT2D eigenvalue weighted by atomic mass is 14.7. The van der Waals surface area contributed by atoms with E-state index in [2.05, 4.69) is 36.7 Å². The summed E-state index contributed by atoms with van der Waals surface area (Å²) in [5.74, 6) is 0. The lowest BCUT2D eigenvalue weighted by molar-refractivity contribution is 1.44. The molecule has 0 aliphatic rings. The fourth-order valence-electron chi connectivity index (χ4n) is 1.22. The third-order valence-electron chi connectivity index (χ3n) is 2.00. The van der Waals surface area contributed by atoms with Crippen molar-refractivity contribution in [3.05, 3.63) is 54.2 Å². The molecule has 0 heterocycles. The van der Waals surface area contributed by atoms with Crippen LogP contribution in [0.4, 0.5) is 0 Å². The van der Waals surface area contributed by atoms with Crippen LogP contribution in [0.2, 0.25) is 0 Å². The summed E-state index contributed by atoms with van der Waals surface area (Å²) in [6.07, 6.45) is 3.72. The van der Waals surface area contributed by atoms with Crippen LogP contribution < -0.4 is 0 Å². The maximum Gasteiger partial charge on any atom is 0.0272 e. The number of aliphatic imine (C=N–C) groups is 1. The van der Waals surface area contributed by atoms with Gasteiger partial charge in [-0.2, -0.15) is 0 Å². The molecule has 1 aromatic rings. The number of benzene rings is 1. The average molecular weight is 259 g/mol. The van der Waals surface area contributed by atoms with Gasteiger partial charge in [0.15, 0.2) is 0 Å². The van der Waals surface area contributed by atoms with Crippen molar-refractivity contribution < 1.29 is 0 Å². The van der Waals surface area contributed by atoms with Crippen molar-refractivity contribution >= 4 is 11.3 Å². The van der Waals surface area contributed by atoms with Crippen molar-refractivity contribution in [1.29, 1.82) is 0 Å². The molecular formula is C18H29N. The van der Waals surface area contributed by atoms with E-state index in [1.807, 2.05) is 53.7 Å². The first kappa shape index (κ1) is 19.7. The van der Waals surface area contributed by atoms with Gasteiger partial charge in [0, 0.05) is 11.9 Å². The van der Waals surface area contributed by atoms with Gasteiger partial charge in [-0.1, -0.05) is 64.1 Å². The van der Waals surface area contributed by atoms with Crippen LogP contribution in [0, 0.1) is 6.92 Å². The van der Waals surface area contributed by atoms with Crippen LogP contribution in [-0.2, 0) is 0 Å². The number of allylic oxidation sites excluding steroid dienone is 2. The molecule has 0 fully saturated rings. The molecular weight excluding hydrogens is 230 g/mol. The highest BCUT2D eigenvalue weighted by molar-refractivity contribution is 5.80. The minimum absolute atomic E-state index is 0.990. The molecule has 0 N–H and O–H groups in total. The molecule has 1 rings (SSSR count). The summed E-state index contributed by atoms with van der Waals surface area (Å²) in [5.41, 5.74) is 4.43. The number of hydrogen-bond acceptors (Lipinski definition) is 1. The van der Waals surface area contributed by atoms with Gasteiger partial charge in [-0.05, 0) is 38.0 Å². The first-order chi connectivity index (χ1) is 9.09. The van der Waals surface area contributed by atoms with E-state index in [1.165, 1.54) is 5.56 Å². The van der Waals surface area contributed by atoms with Gasteiger partial charge in [0.2, 0.25) is 0 Å². The molecule has 1 nitrogen and oxygen atoms in total. The molecule has 0 bridgehead atoms. The van der Waals surface area contributed by atoms with E-state index < -0.39 is 0 Å². The maximum absolute atomic E-state index is 4.19. The monoisotopic (exact) mass is 259 g/mol. The lowest BCUT2D eigenvalue weighted by Crippen LogP contribution is -1.81. The van der Waals surface area contributed by atoms with Gasteiger partial charge in [-0.3, -0.25) is 4.99 Å². The molecule has 0 radical (unpaired) electrons. The van der Waals surface area contributed by atoms with Crippen molar-refractivity contribution in [2.75, 3.05) is 0 Å². The first-order valence-corrected chi connectivity index (χ1v) is 7.03. The van der Waals surface area contributed by atoms with E-state index in [9.17, 15) is 0 Å². The Morgan fingerprint density at radius 1 is 1.11 bits per heavy atom. The van der Waals surface area contributed by atoms with Crippen molar-refractivity contribution in [3.8, 4) is 0 Å². The Hall–Kier alpha value is -1.63. The summed E-state index contributed by atoms with van der Waals surface area (Å²) in [4.78, 5) is 4.19. The molecule has 1 aromatic carbocycles. The molecule has 1 heteroatoms. The van der Waals surface area contributed by atoms with Crippen LogP contribution in [-0.4, -0.2) is 5.71 Å². The number of nitrogens with zero attached hydrogens (tertiary/aromatic N) is 1. The Kier molecular flexibility index (Phi) is 13.3. The van der Waals surface area contributed by atoms with E-state index in [1.54, 1.807) is 6.20 Å². The zero-order chi connectivity index (χ0) is 15.3. The number of rotatable bonds is 3. The van der Waals surface area contributed by atoms with Gasteiger partial charge in [-0.15, -0.1) is 0 Å². The Balaban J connectivity index is 0. The summed E-state index contributed by atoms with van der Waals surface area (Å²) < 4.78 is 0. The van der Waals surface area contributed by atoms with Gasteiger partial charge < -0.3 is 0 Å². The third-order valence-corrected chi connectivity index (χ3v) is 2.00. The quantitative estimate of drug-likeness (QED) is 0.462. The van der Waals surface area contributed by atoms with Crippen molar-refractivity contribution in [2.24, 2.45) is 4.99 Å². The lowest BCUT2D eigenvalue weighted by atomic mass is 10.1. The van der Waals surface area contributed by atoms with Crippen LogP contribution in [0.1, 0.15) is 52.7 Å². The molecule has 0 spiro atoms. The van der Waals surface area contributed by atoms with Crippen LogP contribution in [0.15, 0.2) is 48.1 Å². The molecule has 0 saturated heterocycles. The zero-order valence-corrected chi connectivity index (χ0v) is 13.6. The van der Waals surface area contributed by atoms with Crippen molar-refractivity contribution in [3.63, 3.8) is 0 Å². The fraction of sp³-hybridized carbons (Fsp3) is 0.389. The Morgan fingerprint density at radius 3 is 2.16 bits per heavy atom. The van der Waals surface area contributed by atoms with Crippen LogP contribution >= 0.6 is 0 Å². The average Bonchev–Trinajstić information content (AvgIpc) is 2.43. The van der Waals surface area contributed by atoms with Gasteiger partial charge in [-0.25, -0.2) is 0 Å². The molecule has 0 unspecified atom stereocenters. The highest BCUT2D eigenvalue weighted by Gasteiger charge is 1.94. The molecule has 19 heavy (non-hydrogen) atoms. The molecule has 0 aliphatic heterocycles. The van der Waals surface area contributed by atoms with Gasteiger partial charge in [0.05, 0.1) is 0 Å².